The fraction of sp³-hybridized carbons (Fsp3) is 0.733. The first-order valence-corrected chi connectivity index (χ1v) is 7.38. The summed E-state index contributed by atoms with van der Waals surface area (Å²) in [6.45, 7) is 9.27. The van der Waals surface area contributed by atoms with Crippen molar-refractivity contribution in [1.82, 2.24) is 15.3 Å². The molecule has 4 heteroatoms. The highest BCUT2D eigenvalue weighted by Crippen LogP contribution is 2.27. The molecule has 1 aliphatic heterocycles. The molecule has 1 N–H and O–H groups in total. The van der Waals surface area contributed by atoms with Crippen molar-refractivity contribution in [2.75, 3.05) is 19.7 Å². The molecular formula is C15H25N3O. The number of hydrogen-bond acceptors (Lipinski definition) is 4. The summed E-state index contributed by atoms with van der Waals surface area (Å²) in [7, 11) is 0. The summed E-state index contributed by atoms with van der Waals surface area (Å²) in [6, 6.07) is 0. The van der Waals surface area contributed by atoms with Crippen LogP contribution < -0.4 is 5.32 Å². The van der Waals surface area contributed by atoms with Crippen molar-refractivity contribution < 1.29 is 4.74 Å². The van der Waals surface area contributed by atoms with Gasteiger partial charge in [-0.2, -0.15) is 0 Å². The first kappa shape index (κ1) is 14.4. The van der Waals surface area contributed by atoms with E-state index in [4.69, 9.17) is 4.74 Å². The molecule has 1 saturated heterocycles. The molecule has 19 heavy (non-hydrogen) atoms. The van der Waals surface area contributed by atoms with E-state index in [9.17, 15) is 0 Å². The van der Waals surface area contributed by atoms with Crippen LogP contribution in [0.15, 0.2) is 0 Å². The molecular weight excluding hydrogens is 238 g/mol. The molecule has 0 spiro atoms. The molecule has 0 aromatic carbocycles. The van der Waals surface area contributed by atoms with Crippen LogP contribution in [-0.2, 0) is 11.2 Å². The first-order valence-electron chi connectivity index (χ1n) is 7.38. The smallest absolute Gasteiger partial charge is 0.157 e. The molecule has 1 aromatic rings. The Morgan fingerprint density at radius 1 is 1.21 bits per heavy atom. The van der Waals surface area contributed by atoms with Crippen molar-refractivity contribution in [3.8, 4) is 0 Å². The Bertz CT molecular complexity index is 391. The molecule has 0 bridgehead atoms. The van der Waals surface area contributed by atoms with E-state index < -0.39 is 0 Å². The number of aryl methyl sites for hydroxylation is 2. The average molecular weight is 263 g/mol. The second-order valence-electron chi connectivity index (χ2n) is 5.23. The van der Waals surface area contributed by atoms with E-state index in [-0.39, 0.29) is 6.10 Å². The molecule has 2 rings (SSSR count). The van der Waals surface area contributed by atoms with Gasteiger partial charge >= 0.3 is 0 Å². The van der Waals surface area contributed by atoms with Crippen molar-refractivity contribution in [3.63, 3.8) is 0 Å². The Morgan fingerprint density at radius 3 is 2.53 bits per heavy atom. The van der Waals surface area contributed by atoms with E-state index in [1.807, 2.05) is 0 Å². The maximum atomic E-state index is 5.66. The average Bonchev–Trinajstić information content (AvgIpc) is 2.90. The predicted octanol–water partition coefficient (Wildman–Crippen LogP) is 2.49. The predicted molar refractivity (Wildman–Crippen MR) is 76.3 cm³/mol. The fourth-order valence-corrected chi connectivity index (χ4v) is 2.57. The third-order valence-corrected chi connectivity index (χ3v) is 3.63. The molecule has 1 atom stereocenters. The van der Waals surface area contributed by atoms with Gasteiger partial charge in [-0.05, 0) is 58.2 Å². The molecule has 1 aromatic heterocycles. The van der Waals surface area contributed by atoms with Crippen molar-refractivity contribution in [3.05, 3.63) is 22.8 Å². The van der Waals surface area contributed by atoms with Crippen LogP contribution in [0.5, 0.6) is 0 Å². The van der Waals surface area contributed by atoms with Crippen LogP contribution in [0.1, 0.15) is 55.1 Å². The Kier molecular flexibility index (Phi) is 5.28. The monoisotopic (exact) mass is 263 g/mol. The molecule has 0 radical (unpaired) electrons. The van der Waals surface area contributed by atoms with Crippen LogP contribution >= 0.6 is 0 Å². The van der Waals surface area contributed by atoms with Gasteiger partial charge in [-0.3, -0.25) is 0 Å². The van der Waals surface area contributed by atoms with Gasteiger partial charge in [0.15, 0.2) is 5.82 Å². The maximum absolute atomic E-state index is 5.66. The molecule has 1 aliphatic rings. The van der Waals surface area contributed by atoms with Gasteiger partial charge in [0, 0.05) is 18.0 Å². The van der Waals surface area contributed by atoms with Gasteiger partial charge in [-0.1, -0.05) is 6.92 Å². The van der Waals surface area contributed by atoms with E-state index in [1.54, 1.807) is 0 Å². The van der Waals surface area contributed by atoms with Gasteiger partial charge in [0.2, 0.25) is 0 Å². The minimum Gasteiger partial charge on any atom is -0.370 e. The summed E-state index contributed by atoms with van der Waals surface area (Å²) in [4.78, 5) is 9.30. The molecule has 0 saturated carbocycles. The van der Waals surface area contributed by atoms with Gasteiger partial charge in [0.1, 0.15) is 6.10 Å². The van der Waals surface area contributed by atoms with E-state index in [0.717, 1.165) is 56.2 Å². The number of nitrogens with zero attached hydrogens (tertiary/aromatic N) is 2. The van der Waals surface area contributed by atoms with Crippen molar-refractivity contribution >= 4 is 0 Å². The highest BCUT2D eigenvalue weighted by molar-refractivity contribution is 5.25. The number of ether oxygens (including phenoxy) is 1. The lowest BCUT2D eigenvalue weighted by Crippen LogP contribution is -2.19. The summed E-state index contributed by atoms with van der Waals surface area (Å²) in [5.74, 6) is 0.873. The Hall–Kier alpha value is -1.00. The zero-order valence-electron chi connectivity index (χ0n) is 12.3. The zero-order chi connectivity index (χ0) is 13.7. The lowest BCUT2D eigenvalue weighted by atomic mass is 10.1. The SMILES string of the molecule is CCCNCCc1c(C)nc(C2CCCO2)nc1C. The highest BCUT2D eigenvalue weighted by Gasteiger charge is 2.21. The molecule has 2 heterocycles. The second-order valence-corrected chi connectivity index (χ2v) is 5.23. The van der Waals surface area contributed by atoms with Crippen molar-refractivity contribution in [1.29, 1.82) is 0 Å². The van der Waals surface area contributed by atoms with Crippen LogP contribution in [0.2, 0.25) is 0 Å². The Balaban J connectivity index is 2.04. The van der Waals surface area contributed by atoms with Crippen LogP contribution in [0, 0.1) is 13.8 Å². The molecule has 1 fully saturated rings. The molecule has 106 valence electrons. The summed E-state index contributed by atoms with van der Waals surface area (Å²) >= 11 is 0. The quantitative estimate of drug-likeness (QED) is 0.801. The first-order chi connectivity index (χ1) is 9.22. The standard InChI is InChI=1S/C15H25N3O/c1-4-8-16-9-7-13-11(2)17-15(18-12(13)3)14-6-5-10-19-14/h14,16H,4-10H2,1-3H3. The molecule has 1 unspecified atom stereocenters. The summed E-state index contributed by atoms with van der Waals surface area (Å²) in [5, 5.41) is 3.43. The van der Waals surface area contributed by atoms with Crippen LogP contribution in [-0.4, -0.2) is 29.7 Å². The third-order valence-electron chi connectivity index (χ3n) is 3.63. The molecule has 0 amide bonds. The number of hydrogen-bond donors (Lipinski definition) is 1. The van der Waals surface area contributed by atoms with Crippen molar-refractivity contribution in [2.24, 2.45) is 0 Å². The molecule has 4 nitrogen and oxygen atoms in total. The van der Waals surface area contributed by atoms with Gasteiger partial charge < -0.3 is 10.1 Å². The minimum absolute atomic E-state index is 0.115. The summed E-state index contributed by atoms with van der Waals surface area (Å²) in [6.07, 6.45) is 4.46. The lowest BCUT2D eigenvalue weighted by molar-refractivity contribution is 0.104. The largest absolute Gasteiger partial charge is 0.370 e. The second kappa shape index (κ2) is 6.96. The number of nitrogens with one attached hydrogen (secondary N) is 1. The summed E-state index contributed by atoms with van der Waals surface area (Å²) < 4.78 is 5.66. The van der Waals surface area contributed by atoms with Gasteiger partial charge in [0.05, 0.1) is 0 Å². The maximum Gasteiger partial charge on any atom is 0.157 e. The molecule has 0 aliphatic carbocycles. The van der Waals surface area contributed by atoms with E-state index in [1.165, 1.54) is 12.0 Å². The van der Waals surface area contributed by atoms with Gasteiger partial charge in [-0.15, -0.1) is 0 Å². The van der Waals surface area contributed by atoms with Crippen LogP contribution in [0.3, 0.4) is 0 Å². The van der Waals surface area contributed by atoms with Crippen LogP contribution in [0.4, 0.5) is 0 Å². The van der Waals surface area contributed by atoms with Gasteiger partial charge in [0.25, 0.3) is 0 Å². The van der Waals surface area contributed by atoms with Crippen molar-refractivity contribution in [2.45, 2.75) is 52.6 Å². The fourth-order valence-electron chi connectivity index (χ4n) is 2.57. The number of aromatic nitrogens is 2. The lowest BCUT2D eigenvalue weighted by Gasteiger charge is -2.14. The topological polar surface area (TPSA) is 47.0 Å². The Labute approximate surface area is 116 Å². The highest BCUT2D eigenvalue weighted by atomic mass is 16.5. The Morgan fingerprint density at radius 2 is 1.95 bits per heavy atom. The minimum atomic E-state index is 0.115. The normalized spacial score (nSPS) is 19.0. The zero-order valence-corrected chi connectivity index (χ0v) is 12.3. The summed E-state index contributed by atoms with van der Waals surface area (Å²) in [5.41, 5.74) is 3.50. The van der Waals surface area contributed by atoms with Gasteiger partial charge in [-0.25, -0.2) is 9.97 Å². The van der Waals surface area contributed by atoms with E-state index in [0.29, 0.717) is 0 Å². The van der Waals surface area contributed by atoms with E-state index in [2.05, 4.69) is 36.1 Å². The van der Waals surface area contributed by atoms with Crippen LogP contribution in [0.25, 0.3) is 0 Å². The van der Waals surface area contributed by atoms with E-state index >= 15 is 0 Å². The number of rotatable bonds is 6. The third kappa shape index (κ3) is 3.74.